The molecular formula is C16H16BrClFNO. The van der Waals surface area contributed by atoms with Crippen molar-refractivity contribution in [2.24, 2.45) is 0 Å². The monoisotopic (exact) mass is 371 g/mol. The van der Waals surface area contributed by atoms with Gasteiger partial charge in [-0.3, -0.25) is 0 Å². The zero-order valence-corrected chi connectivity index (χ0v) is 14.1. The van der Waals surface area contributed by atoms with Crippen molar-refractivity contribution in [3.8, 4) is 11.5 Å². The first-order chi connectivity index (χ1) is 10.0. The summed E-state index contributed by atoms with van der Waals surface area (Å²) in [5, 5.41) is 3.85. The number of rotatable bonds is 5. The minimum Gasteiger partial charge on any atom is -0.456 e. The van der Waals surface area contributed by atoms with Crippen molar-refractivity contribution in [1.82, 2.24) is 5.32 Å². The lowest BCUT2D eigenvalue weighted by Gasteiger charge is -2.15. The second-order valence-corrected chi connectivity index (χ2v) is 5.91. The Balaban J connectivity index is 2.19. The maximum Gasteiger partial charge on any atom is 0.146 e. The van der Waals surface area contributed by atoms with E-state index < -0.39 is 0 Å². The highest BCUT2D eigenvalue weighted by Gasteiger charge is 2.09. The van der Waals surface area contributed by atoms with Gasteiger partial charge >= 0.3 is 0 Å². The summed E-state index contributed by atoms with van der Waals surface area (Å²) in [4.78, 5) is 0. The molecular weight excluding hydrogens is 357 g/mol. The molecule has 0 spiro atoms. The van der Waals surface area contributed by atoms with Gasteiger partial charge < -0.3 is 10.1 Å². The number of nitrogens with one attached hydrogen (secondary N) is 1. The highest BCUT2D eigenvalue weighted by Crippen LogP contribution is 2.33. The molecule has 0 aromatic heterocycles. The topological polar surface area (TPSA) is 21.3 Å². The quantitative estimate of drug-likeness (QED) is 0.726. The third-order valence-corrected chi connectivity index (χ3v) is 3.99. The summed E-state index contributed by atoms with van der Waals surface area (Å²) in [5.41, 5.74) is 1.09. The predicted octanol–water partition coefficient (Wildman–Crippen LogP) is 5.70. The lowest BCUT2D eigenvalue weighted by Crippen LogP contribution is -2.17. The maximum atomic E-state index is 13.2. The third-order valence-electron chi connectivity index (χ3n) is 3.09. The van der Waals surface area contributed by atoms with Gasteiger partial charge in [0.2, 0.25) is 0 Å². The average molecular weight is 373 g/mol. The van der Waals surface area contributed by atoms with Crippen LogP contribution in [0.2, 0.25) is 5.02 Å². The summed E-state index contributed by atoms with van der Waals surface area (Å²) >= 11 is 9.39. The molecule has 21 heavy (non-hydrogen) atoms. The van der Waals surface area contributed by atoms with Crippen LogP contribution in [0.5, 0.6) is 11.5 Å². The first-order valence-electron chi connectivity index (χ1n) is 6.67. The van der Waals surface area contributed by atoms with Gasteiger partial charge in [0, 0.05) is 6.04 Å². The van der Waals surface area contributed by atoms with Crippen LogP contribution in [0.15, 0.2) is 40.9 Å². The van der Waals surface area contributed by atoms with Crippen molar-refractivity contribution in [1.29, 1.82) is 0 Å². The van der Waals surface area contributed by atoms with Crippen LogP contribution in [-0.4, -0.2) is 6.54 Å². The molecule has 0 amide bonds. The molecule has 1 unspecified atom stereocenters. The standard InChI is InChI=1S/C16H16BrClFNO/c1-3-20-10(2)11-4-7-16(14(18)8-11)21-12-5-6-15(19)13(17)9-12/h4-10,20H,3H2,1-2H3. The van der Waals surface area contributed by atoms with E-state index in [0.29, 0.717) is 21.0 Å². The zero-order chi connectivity index (χ0) is 15.4. The van der Waals surface area contributed by atoms with Gasteiger partial charge in [0.15, 0.2) is 0 Å². The number of halogens is 3. The average Bonchev–Trinajstić information content (AvgIpc) is 2.45. The summed E-state index contributed by atoms with van der Waals surface area (Å²) in [6.07, 6.45) is 0. The summed E-state index contributed by atoms with van der Waals surface area (Å²) in [7, 11) is 0. The second-order valence-electron chi connectivity index (χ2n) is 4.65. The molecule has 2 rings (SSSR count). The molecule has 0 aliphatic carbocycles. The van der Waals surface area contributed by atoms with Gasteiger partial charge in [-0.25, -0.2) is 4.39 Å². The van der Waals surface area contributed by atoms with Crippen molar-refractivity contribution in [3.05, 3.63) is 57.3 Å². The molecule has 5 heteroatoms. The molecule has 0 radical (unpaired) electrons. The normalized spacial score (nSPS) is 12.2. The van der Waals surface area contributed by atoms with Gasteiger partial charge in [0.25, 0.3) is 0 Å². The summed E-state index contributed by atoms with van der Waals surface area (Å²) in [6, 6.07) is 10.4. The minimum atomic E-state index is -0.330. The smallest absolute Gasteiger partial charge is 0.146 e. The largest absolute Gasteiger partial charge is 0.456 e. The minimum absolute atomic E-state index is 0.224. The Bertz CT molecular complexity index is 636. The Labute approximate surface area is 137 Å². The van der Waals surface area contributed by atoms with E-state index in [9.17, 15) is 4.39 Å². The Hall–Kier alpha value is -1.10. The van der Waals surface area contributed by atoms with Crippen molar-refractivity contribution in [2.75, 3.05) is 6.54 Å². The molecule has 0 saturated carbocycles. The van der Waals surface area contributed by atoms with Crippen LogP contribution in [0, 0.1) is 5.82 Å². The number of benzene rings is 2. The SMILES string of the molecule is CCNC(C)c1ccc(Oc2ccc(F)c(Br)c2)c(Cl)c1. The van der Waals surface area contributed by atoms with E-state index in [-0.39, 0.29) is 11.9 Å². The first kappa shape index (κ1) is 16.3. The molecule has 1 atom stereocenters. The fourth-order valence-corrected chi connectivity index (χ4v) is 2.55. The number of ether oxygens (including phenoxy) is 1. The fraction of sp³-hybridized carbons (Fsp3) is 0.250. The molecule has 0 saturated heterocycles. The molecule has 0 fully saturated rings. The van der Waals surface area contributed by atoms with Crippen LogP contribution >= 0.6 is 27.5 Å². The van der Waals surface area contributed by atoms with E-state index >= 15 is 0 Å². The molecule has 112 valence electrons. The van der Waals surface area contributed by atoms with E-state index in [1.807, 2.05) is 18.2 Å². The van der Waals surface area contributed by atoms with E-state index in [1.165, 1.54) is 6.07 Å². The Kier molecular flexibility index (Phi) is 5.62. The van der Waals surface area contributed by atoms with Crippen LogP contribution < -0.4 is 10.1 Å². The van der Waals surface area contributed by atoms with E-state index in [0.717, 1.165) is 12.1 Å². The Morgan fingerprint density at radius 1 is 1.29 bits per heavy atom. The molecule has 1 N–H and O–H groups in total. The van der Waals surface area contributed by atoms with Gasteiger partial charge in [0.05, 0.1) is 9.50 Å². The van der Waals surface area contributed by atoms with E-state index in [1.54, 1.807) is 12.1 Å². The van der Waals surface area contributed by atoms with Crippen molar-refractivity contribution < 1.29 is 9.13 Å². The molecule has 0 aliphatic rings. The van der Waals surface area contributed by atoms with Crippen LogP contribution in [0.25, 0.3) is 0 Å². The predicted molar refractivity (Wildman–Crippen MR) is 87.7 cm³/mol. The highest BCUT2D eigenvalue weighted by molar-refractivity contribution is 9.10. The molecule has 2 nitrogen and oxygen atoms in total. The number of hydrogen-bond donors (Lipinski definition) is 1. The van der Waals surface area contributed by atoms with E-state index in [2.05, 4.69) is 35.1 Å². The van der Waals surface area contributed by atoms with Gasteiger partial charge in [0.1, 0.15) is 17.3 Å². The summed E-state index contributed by atoms with van der Waals surface area (Å²) in [5.74, 6) is 0.739. The molecule has 0 bridgehead atoms. The van der Waals surface area contributed by atoms with Crippen molar-refractivity contribution in [2.45, 2.75) is 19.9 Å². The summed E-state index contributed by atoms with van der Waals surface area (Å²) in [6.45, 7) is 5.02. The zero-order valence-electron chi connectivity index (χ0n) is 11.8. The van der Waals surface area contributed by atoms with Crippen LogP contribution in [-0.2, 0) is 0 Å². The maximum absolute atomic E-state index is 13.2. The Morgan fingerprint density at radius 2 is 2.05 bits per heavy atom. The Morgan fingerprint density at radius 3 is 2.67 bits per heavy atom. The number of hydrogen-bond acceptors (Lipinski definition) is 2. The second kappa shape index (κ2) is 7.25. The van der Waals surface area contributed by atoms with Crippen molar-refractivity contribution >= 4 is 27.5 Å². The van der Waals surface area contributed by atoms with Crippen molar-refractivity contribution in [3.63, 3.8) is 0 Å². The van der Waals surface area contributed by atoms with Crippen LogP contribution in [0.4, 0.5) is 4.39 Å². The van der Waals surface area contributed by atoms with Gasteiger partial charge in [-0.1, -0.05) is 24.6 Å². The summed E-state index contributed by atoms with van der Waals surface area (Å²) < 4.78 is 19.2. The molecule has 2 aromatic rings. The van der Waals surface area contributed by atoms with E-state index in [4.69, 9.17) is 16.3 Å². The van der Waals surface area contributed by atoms with Crippen LogP contribution in [0.3, 0.4) is 0 Å². The molecule has 2 aromatic carbocycles. The van der Waals surface area contributed by atoms with Crippen LogP contribution in [0.1, 0.15) is 25.5 Å². The fourth-order valence-electron chi connectivity index (χ4n) is 1.96. The first-order valence-corrected chi connectivity index (χ1v) is 7.84. The molecule has 0 heterocycles. The lowest BCUT2D eigenvalue weighted by atomic mass is 10.1. The highest BCUT2D eigenvalue weighted by atomic mass is 79.9. The van der Waals surface area contributed by atoms with Gasteiger partial charge in [-0.2, -0.15) is 0 Å². The lowest BCUT2D eigenvalue weighted by molar-refractivity contribution is 0.479. The third kappa shape index (κ3) is 4.19. The van der Waals surface area contributed by atoms with Gasteiger partial charge in [-0.15, -0.1) is 0 Å². The van der Waals surface area contributed by atoms with Gasteiger partial charge in [-0.05, 0) is 65.3 Å². The molecule has 0 aliphatic heterocycles.